The lowest BCUT2D eigenvalue weighted by molar-refractivity contribution is 0.327. The minimum absolute atomic E-state index is 0.261. The van der Waals surface area contributed by atoms with Gasteiger partial charge >= 0.3 is 0 Å². The molecule has 0 aliphatic carbocycles. The number of nitriles is 1. The van der Waals surface area contributed by atoms with E-state index >= 15 is 0 Å². The molecule has 21 heavy (non-hydrogen) atoms. The number of sulfonamides is 1. The van der Waals surface area contributed by atoms with E-state index in [2.05, 4.69) is 6.07 Å². The minimum atomic E-state index is -3.49. The first-order valence-corrected chi connectivity index (χ1v) is 9.24. The van der Waals surface area contributed by atoms with Crippen LogP contribution in [0.5, 0.6) is 5.75 Å². The van der Waals surface area contributed by atoms with Gasteiger partial charge in [-0.25, -0.2) is 8.42 Å². The Morgan fingerprint density at radius 2 is 1.86 bits per heavy atom. The van der Waals surface area contributed by atoms with Crippen LogP contribution in [0.3, 0.4) is 0 Å². The second-order valence-corrected chi connectivity index (χ2v) is 8.02. The van der Waals surface area contributed by atoms with E-state index in [0.29, 0.717) is 31.7 Å². The van der Waals surface area contributed by atoms with E-state index in [9.17, 15) is 13.7 Å². The summed E-state index contributed by atoms with van der Waals surface area (Å²) in [5, 5.41) is 9.25. The van der Waals surface area contributed by atoms with E-state index in [-0.39, 0.29) is 4.90 Å². The van der Waals surface area contributed by atoms with E-state index in [1.54, 1.807) is 24.3 Å². The Balaban J connectivity index is 2.16. The Bertz CT molecular complexity index is 627. The predicted molar refractivity (Wildman–Crippen MR) is 82.8 cm³/mol. The summed E-state index contributed by atoms with van der Waals surface area (Å²) in [5.41, 5.74) is 0. The van der Waals surface area contributed by atoms with Gasteiger partial charge in [-0.2, -0.15) is 9.57 Å². The van der Waals surface area contributed by atoms with Crippen molar-refractivity contribution in [1.29, 1.82) is 5.26 Å². The lowest BCUT2D eigenvalue weighted by Gasteiger charge is -2.35. The van der Waals surface area contributed by atoms with Gasteiger partial charge in [0.15, 0.2) is 0 Å². The first-order chi connectivity index (χ1) is 9.97. The van der Waals surface area contributed by atoms with Crippen LogP contribution in [0.15, 0.2) is 29.2 Å². The zero-order valence-electron chi connectivity index (χ0n) is 12.1. The maximum absolute atomic E-state index is 12.6. The Morgan fingerprint density at radius 1 is 1.29 bits per heavy atom. The van der Waals surface area contributed by atoms with Crippen LogP contribution in [-0.4, -0.2) is 43.9 Å². The van der Waals surface area contributed by atoms with Crippen molar-refractivity contribution < 1.29 is 13.2 Å². The molecule has 0 amide bonds. The summed E-state index contributed by atoms with van der Waals surface area (Å²) in [6.45, 7) is 0.755. The number of benzene rings is 1. The third-order valence-corrected chi connectivity index (χ3v) is 7.02. The van der Waals surface area contributed by atoms with Gasteiger partial charge in [0.05, 0.1) is 18.1 Å². The molecule has 2 rings (SSSR count). The van der Waals surface area contributed by atoms with Gasteiger partial charge in [-0.1, -0.05) is 0 Å². The van der Waals surface area contributed by atoms with Crippen LogP contribution >= 0.6 is 11.8 Å². The molecule has 1 saturated heterocycles. The van der Waals surface area contributed by atoms with Gasteiger partial charge in [-0.15, -0.1) is 11.8 Å². The van der Waals surface area contributed by atoms with Crippen molar-refractivity contribution in [2.75, 3.05) is 26.5 Å². The highest BCUT2D eigenvalue weighted by molar-refractivity contribution is 8.00. The van der Waals surface area contributed by atoms with E-state index in [1.165, 1.54) is 23.2 Å². The van der Waals surface area contributed by atoms with Crippen LogP contribution in [-0.2, 0) is 10.0 Å². The Kier molecular flexibility index (Phi) is 4.81. The summed E-state index contributed by atoms with van der Waals surface area (Å²) in [6.07, 6.45) is 3.01. The molecule has 0 spiro atoms. The smallest absolute Gasteiger partial charge is 0.243 e. The van der Waals surface area contributed by atoms with Crippen molar-refractivity contribution in [1.82, 2.24) is 4.31 Å². The maximum Gasteiger partial charge on any atom is 0.243 e. The molecule has 0 unspecified atom stereocenters. The number of piperidine rings is 1. The summed E-state index contributed by atoms with van der Waals surface area (Å²) in [5.74, 6) is 0.624. The quantitative estimate of drug-likeness (QED) is 0.847. The Morgan fingerprint density at radius 3 is 2.29 bits per heavy atom. The molecule has 1 aromatic carbocycles. The fourth-order valence-corrected chi connectivity index (χ4v) is 4.47. The van der Waals surface area contributed by atoms with Crippen LogP contribution in [0, 0.1) is 11.3 Å². The average Bonchev–Trinajstić information content (AvgIpc) is 2.55. The zero-order valence-corrected chi connectivity index (χ0v) is 13.7. The number of methoxy groups -OCH3 is 1. The molecule has 0 bridgehead atoms. The highest BCUT2D eigenvalue weighted by Crippen LogP contribution is 2.35. The maximum atomic E-state index is 12.6. The summed E-state index contributed by atoms with van der Waals surface area (Å²) < 4.78 is 31.2. The van der Waals surface area contributed by atoms with Crippen LogP contribution < -0.4 is 4.74 Å². The van der Waals surface area contributed by atoms with Crippen molar-refractivity contribution in [3.05, 3.63) is 24.3 Å². The van der Waals surface area contributed by atoms with Gasteiger partial charge in [-0.05, 0) is 43.4 Å². The number of hydrogen-bond acceptors (Lipinski definition) is 5. The van der Waals surface area contributed by atoms with Gasteiger partial charge in [0.1, 0.15) is 10.5 Å². The molecule has 0 radical (unpaired) electrons. The molecule has 0 atom stereocenters. The molecular weight excluding hydrogens is 308 g/mol. The average molecular weight is 326 g/mol. The molecule has 1 aliphatic rings. The van der Waals surface area contributed by atoms with Gasteiger partial charge in [0.2, 0.25) is 10.0 Å². The molecule has 114 valence electrons. The first kappa shape index (κ1) is 16.1. The molecule has 1 aromatic rings. The molecule has 0 aromatic heterocycles. The number of rotatable bonds is 4. The summed E-state index contributed by atoms with van der Waals surface area (Å²) in [4.78, 5) is 0.261. The van der Waals surface area contributed by atoms with Crippen LogP contribution in [0.4, 0.5) is 0 Å². The van der Waals surface area contributed by atoms with Crippen molar-refractivity contribution in [2.24, 2.45) is 0 Å². The third kappa shape index (κ3) is 3.18. The number of ether oxygens (including phenoxy) is 1. The van der Waals surface area contributed by atoms with Crippen molar-refractivity contribution in [3.63, 3.8) is 0 Å². The Labute approximate surface area is 129 Å². The molecular formula is C14H18N2O3S2. The highest BCUT2D eigenvalue weighted by atomic mass is 32.2. The molecule has 1 fully saturated rings. The van der Waals surface area contributed by atoms with Gasteiger partial charge in [0, 0.05) is 13.1 Å². The van der Waals surface area contributed by atoms with E-state index in [4.69, 9.17) is 4.74 Å². The summed E-state index contributed by atoms with van der Waals surface area (Å²) >= 11 is 1.51. The SMILES string of the molecule is COc1ccc(S(=O)(=O)N2CCC(C#N)(SC)CC2)cc1. The highest BCUT2D eigenvalue weighted by Gasteiger charge is 2.38. The minimum Gasteiger partial charge on any atom is -0.497 e. The fourth-order valence-electron chi connectivity index (χ4n) is 2.35. The van der Waals surface area contributed by atoms with Gasteiger partial charge in [0.25, 0.3) is 0 Å². The lowest BCUT2D eigenvalue weighted by Crippen LogP contribution is -2.44. The van der Waals surface area contributed by atoms with Crippen LogP contribution in [0.25, 0.3) is 0 Å². The predicted octanol–water partition coefficient (Wildman–Crippen LogP) is 2.11. The monoisotopic (exact) mass is 326 g/mol. The van der Waals surface area contributed by atoms with Gasteiger partial charge in [-0.3, -0.25) is 0 Å². The normalized spacial score (nSPS) is 18.9. The second kappa shape index (κ2) is 6.26. The number of nitrogens with zero attached hydrogens (tertiary/aromatic N) is 2. The molecule has 0 N–H and O–H groups in total. The summed E-state index contributed by atoms with van der Waals surface area (Å²) in [7, 11) is -1.95. The largest absolute Gasteiger partial charge is 0.497 e. The van der Waals surface area contributed by atoms with Crippen LogP contribution in [0.2, 0.25) is 0 Å². The number of thioether (sulfide) groups is 1. The fraction of sp³-hybridized carbons (Fsp3) is 0.500. The topological polar surface area (TPSA) is 70.4 Å². The molecule has 7 heteroatoms. The summed E-state index contributed by atoms with van der Waals surface area (Å²) in [6, 6.07) is 8.69. The van der Waals surface area contributed by atoms with Crippen molar-refractivity contribution in [2.45, 2.75) is 22.5 Å². The first-order valence-electron chi connectivity index (χ1n) is 6.58. The van der Waals surface area contributed by atoms with E-state index in [1.807, 2.05) is 6.26 Å². The molecule has 5 nitrogen and oxygen atoms in total. The second-order valence-electron chi connectivity index (χ2n) is 4.89. The van der Waals surface area contributed by atoms with E-state index in [0.717, 1.165) is 0 Å². The van der Waals surface area contributed by atoms with E-state index < -0.39 is 14.8 Å². The van der Waals surface area contributed by atoms with Crippen molar-refractivity contribution >= 4 is 21.8 Å². The lowest BCUT2D eigenvalue weighted by atomic mass is 9.99. The standard InChI is InChI=1S/C14H18N2O3S2/c1-19-12-3-5-13(6-4-12)21(17,18)16-9-7-14(11-15,20-2)8-10-16/h3-6H,7-10H2,1-2H3. The molecule has 0 saturated carbocycles. The van der Waals surface area contributed by atoms with Crippen molar-refractivity contribution in [3.8, 4) is 11.8 Å². The molecule has 1 aliphatic heterocycles. The van der Waals surface area contributed by atoms with Crippen LogP contribution in [0.1, 0.15) is 12.8 Å². The Hall–Kier alpha value is -1.23. The van der Waals surface area contributed by atoms with Gasteiger partial charge < -0.3 is 4.74 Å². The third-order valence-electron chi connectivity index (χ3n) is 3.82. The number of hydrogen-bond donors (Lipinski definition) is 0. The zero-order chi connectivity index (χ0) is 15.5. The molecule has 1 heterocycles.